The number of nitrogens with zero attached hydrogens (tertiary/aromatic N) is 1. The summed E-state index contributed by atoms with van der Waals surface area (Å²) in [7, 11) is 0. The molecular formula is C24H24FN3O3. The summed E-state index contributed by atoms with van der Waals surface area (Å²) in [4.78, 5) is 41.5. The standard InChI is InChI=1S/C24H24FN3O3/c1-2-3-11-28-21(29)19-18(12-14-7-5-4-6-8-14)27-24(20(19)22(28)30)16-13-15(25)9-10-17(16)26-23(24)31/h4-10,13,18-20,27H,2-3,11-12H2,1H3,(H,26,31)/t18?,19-,20+,24?/m1/s1. The van der Waals surface area contributed by atoms with Gasteiger partial charge in [0.15, 0.2) is 0 Å². The minimum atomic E-state index is -1.45. The zero-order valence-electron chi connectivity index (χ0n) is 17.2. The zero-order valence-corrected chi connectivity index (χ0v) is 17.2. The highest BCUT2D eigenvalue weighted by molar-refractivity contribution is 6.15. The van der Waals surface area contributed by atoms with Crippen LogP contribution in [0.15, 0.2) is 48.5 Å². The Hall–Kier alpha value is -3.06. The van der Waals surface area contributed by atoms with Gasteiger partial charge in [-0.15, -0.1) is 0 Å². The molecular weight excluding hydrogens is 397 g/mol. The summed E-state index contributed by atoms with van der Waals surface area (Å²) >= 11 is 0. The third kappa shape index (κ3) is 2.83. The van der Waals surface area contributed by atoms with E-state index < -0.39 is 35.1 Å². The van der Waals surface area contributed by atoms with Crippen LogP contribution in [0.5, 0.6) is 0 Å². The predicted octanol–water partition coefficient (Wildman–Crippen LogP) is 2.59. The average molecular weight is 421 g/mol. The van der Waals surface area contributed by atoms with Gasteiger partial charge in [-0.05, 0) is 36.6 Å². The summed E-state index contributed by atoms with van der Waals surface area (Å²) in [6.07, 6.45) is 2.04. The Labute approximate surface area is 179 Å². The molecule has 1 spiro atoms. The molecule has 3 amide bonds. The second-order valence-corrected chi connectivity index (χ2v) is 8.58. The molecule has 2 N–H and O–H groups in total. The number of amides is 3. The second-order valence-electron chi connectivity index (χ2n) is 8.58. The number of hydrogen-bond donors (Lipinski definition) is 2. The lowest BCUT2D eigenvalue weighted by molar-refractivity contribution is -0.142. The van der Waals surface area contributed by atoms with E-state index in [-0.39, 0.29) is 11.8 Å². The normalized spacial score (nSPS) is 28.9. The lowest BCUT2D eigenvalue weighted by Gasteiger charge is -2.29. The molecule has 6 nitrogen and oxygen atoms in total. The van der Waals surface area contributed by atoms with Crippen LogP contribution >= 0.6 is 0 Å². The van der Waals surface area contributed by atoms with Crippen molar-refractivity contribution >= 4 is 23.4 Å². The van der Waals surface area contributed by atoms with Crippen LogP contribution in [0, 0.1) is 17.7 Å². The highest BCUT2D eigenvalue weighted by Gasteiger charge is 2.70. The van der Waals surface area contributed by atoms with Crippen LogP contribution in [0.25, 0.3) is 0 Å². The molecule has 2 aromatic carbocycles. The Kier molecular flexibility index (Phi) is 4.66. The van der Waals surface area contributed by atoms with E-state index in [0.717, 1.165) is 12.0 Å². The Morgan fingerprint density at radius 2 is 1.84 bits per heavy atom. The van der Waals surface area contributed by atoms with Crippen molar-refractivity contribution < 1.29 is 18.8 Å². The van der Waals surface area contributed by atoms with Gasteiger partial charge >= 0.3 is 0 Å². The molecule has 3 aliphatic heterocycles. The van der Waals surface area contributed by atoms with Gasteiger partial charge in [0, 0.05) is 23.8 Å². The minimum absolute atomic E-state index is 0.244. The SMILES string of the molecule is CCCCN1C(=O)[C@@H]2C(Cc3ccccc3)NC3(C(=O)Nc4ccc(F)cc43)[C@@H]2C1=O. The fourth-order valence-electron chi connectivity index (χ4n) is 5.41. The van der Waals surface area contributed by atoms with Crippen LogP contribution in [0.2, 0.25) is 0 Å². The molecule has 3 heterocycles. The average Bonchev–Trinajstić information content (AvgIpc) is 3.33. The number of imide groups is 1. The number of fused-ring (bicyclic) bond motifs is 4. The first-order valence-corrected chi connectivity index (χ1v) is 10.8. The van der Waals surface area contributed by atoms with Crippen molar-refractivity contribution in [2.45, 2.75) is 37.8 Å². The molecule has 0 saturated carbocycles. The van der Waals surface area contributed by atoms with Crippen LogP contribution in [0.1, 0.15) is 30.9 Å². The Balaban J connectivity index is 1.62. The molecule has 2 aromatic rings. The molecule has 2 unspecified atom stereocenters. The molecule has 0 bridgehead atoms. The summed E-state index contributed by atoms with van der Waals surface area (Å²) in [5.74, 6) is -3.06. The molecule has 2 fully saturated rings. The van der Waals surface area contributed by atoms with Gasteiger partial charge in [-0.3, -0.25) is 24.6 Å². The Bertz CT molecular complexity index is 1070. The second kappa shape index (κ2) is 7.27. The van der Waals surface area contributed by atoms with Gasteiger partial charge in [0.2, 0.25) is 17.7 Å². The van der Waals surface area contributed by atoms with Crippen LogP contribution in [0.4, 0.5) is 10.1 Å². The largest absolute Gasteiger partial charge is 0.324 e. The zero-order chi connectivity index (χ0) is 21.8. The van der Waals surface area contributed by atoms with E-state index in [2.05, 4.69) is 10.6 Å². The fraction of sp³-hybridized carbons (Fsp3) is 0.375. The maximum atomic E-state index is 14.2. The van der Waals surface area contributed by atoms with Crippen LogP contribution in [0.3, 0.4) is 0 Å². The number of nitrogens with one attached hydrogen (secondary N) is 2. The van der Waals surface area contributed by atoms with Gasteiger partial charge in [0.05, 0.1) is 11.8 Å². The summed E-state index contributed by atoms with van der Waals surface area (Å²) in [5, 5.41) is 6.14. The van der Waals surface area contributed by atoms with Gasteiger partial charge < -0.3 is 5.32 Å². The van der Waals surface area contributed by atoms with Gasteiger partial charge in [0.25, 0.3) is 0 Å². The number of likely N-dealkylation sites (tertiary alicyclic amines) is 1. The number of hydrogen-bond acceptors (Lipinski definition) is 4. The van der Waals surface area contributed by atoms with E-state index in [1.165, 1.54) is 23.1 Å². The molecule has 3 aliphatic rings. The van der Waals surface area contributed by atoms with Crippen molar-refractivity contribution in [1.29, 1.82) is 0 Å². The smallest absolute Gasteiger partial charge is 0.250 e. The number of carbonyl (C=O) groups is 3. The quantitative estimate of drug-likeness (QED) is 0.728. The molecule has 160 valence electrons. The lowest BCUT2D eigenvalue weighted by Crippen LogP contribution is -2.53. The highest BCUT2D eigenvalue weighted by Crippen LogP contribution is 2.53. The van der Waals surface area contributed by atoms with E-state index in [9.17, 15) is 18.8 Å². The van der Waals surface area contributed by atoms with Crippen molar-refractivity contribution in [3.05, 3.63) is 65.5 Å². The number of halogens is 1. The number of benzene rings is 2. The molecule has 0 radical (unpaired) electrons. The molecule has 7 heteroatoms. The Morgan fingerprint density at radius 1 is 1.06 bits per heavy atom. The number of carbonyl (C=O) groups excluding carboxylic acids is 3. The minimum Gasteiger partial charge on any atom is -0.324 e. The predicted molar refractivity (Wildman–Crippen MR) is 112 cm³/mol. The fourth-order valence-corrected chi connectivity index (χ4v) is 5.41. The number of unbranched alkanes of at least 4 members (excludes halogenated alkanes) is 1. The van der Waals surface area contributed by atoms with Crippen molar-refractivity contribution in [2.24, 2.45) is 11.8 Å². The van der Waals surface area contributed by atoms with Crippen LogP contribution in [-0.2, 0) is 26.3 Å². The Morgan fingerprint density at radius 3 is 2.58 bits per heavy atom. The molecule has 2 saturated heterocycles. The lowest BCUT2D eigenvalue weighted by atomic mass is 9.76. The van der Waals surface area contributed by atoms with E-state index >= 15 is 0 Å². The van der Waals surface area contributed by atoms with Gasteiger partial charge in [-0.2, -0.15) is 0 Å². The van der Waals surface area contributed by atoms with E-state index in [4.69, 9.17) is 0 Å². The first kappa shape index (κ1) is 19.9. The highest BCUT2D eigenvalue weighted by atomic mass is 19.1. The topological polar surface area (TPSA) is 78.5 Å². The number of anilines is 1. The van der Waals surface area contributed by atoms with Crippen molar-refractivity contribution in [2.75, 3.05) is 11.9 Å². The van der Waals surface area contributed by atoms with Crippen molar-refractivity contribution in [1.82, 2.24) is 10.2 Å². The molecule has 0 aromatic heterocycles. The first-order chi connectivity index (χ1) is 15.0. The van der Waals surface area contributed by atoms with Crippen LogP contribution < -0.4 is 10.6 Å². The third-order valence-corrected chi connectivity index (χ3v) is 6.80. The summed E-state index contributed by atoms with van der Waals surface area (Å²) in [6, 6.07) is 13.3. The maximum absolute atomic E-state index is 14.2. The van der Waals surface area contributed by atoms with Crippen molar-refractivity contribution in [3.8, 4) is 0 Å². The summed E-state index contributed by atoms with van der Waals surface area (Å²) in [5.41, 5.74) is 0.433. The van der Waals surface area contributed by atoms with E-state index in [1.807, 2.05) is 37.3 Å². The van der Waals surface area contributed by atoms with E-state index in [1.54, 1.807) is 0 Å². The molecule has 4 atom stereocenters. The van der Waals surface area contributed by atoms with Gasteiger partial charge in [-0.1, -0.05) is 43.7 Å². The molecule has 0 aliphatic carbocycles. The van der Waals surface area contributed by atoms with Crippen molar-refractivity contribution in [3.63, 3.8) is 0 Å². The van der Waals surface area contributed by atoms with Gasteiger partial charge in [-0.25, -0.2) is 4.39 Å². The first-order valence-electron chi connectivity index (χ1n) is 10.8. The molecule has 31 heavy (non-hydrogen) atoms. The van der Waals surface area contributed by atoms with E-state index in [0.29, 0.717) is 30.6 Å². The summed E-state index contributed by atoms with van der Waals surface area (Å²) in [6.45, 7) is 2.34. The van der Waals surface area contributed by atoms with Crippen LogP contribution in [-0.4, -0.2) is 35.2 Å². The number of rotatable bonds is 5. The third-order valence-electron chi connectivity index (χ3n) is 6.80. The maximum Gasteiger partial charge on any atom is 0.250 e. The summed E-state index contributed by atoms with van der Waals surface area (Å²) < 4.78 is 14.2. The monoisotopic (exact) mass is 421 g/mol. The molecule has 5 rings (SSSR count). The van der Waals surface area contributed by atoms with Gasteiger partial charge in [0.1, 0.15) is 11.4 Å².